The summed E-state index contributed by atoms with van der Waals surface area (Å²) in [6.07, 6.45) is 0. The molecule has 2 nitrogen and oxygen atoms in total. The molecule has 29 heavy (non-hydrogen) atoms. The van der Waals surface area contributed by atoms with E-state index in [2.05, 4.69) is 74.6 Å². The number of pyridine rings is 1. The molecule has 0 aliphatic heterocycles. The molecule has 0 radical (unpaired) electrons. The van der Waals surface area contributed by atoms with Crippen LogP contribution in [0.15, 0.2) is 78.9 Å². The Balaban J connectivity index is 1.72. The maximum Gasteiger partial charge on any atom is 0.134 e. The van der Waals surface area contributed by atoms with Crippen molar-refractivity contribution in [2.45, 2.75) is 32.7 Å². The van der Waals surface area contributed by atoms with Gasteiger partial charge < -0.3 is 5.32 Å². The van der Waals surface area contributed by atoms with E-state index in [0.717, 1.165) is 32.9 Å². The number of hydrogen-bond donors (Lipinski definition) is 1. The summed E-state index contributed by atoms with van der Waals surface area (Å²) in [4.78, 5) is 4.92. The predicted molar refractivity (Wildman–Crippen MR) is 125 cm³/mol. The van der Waals surface area contributed by atoms with E-state index >= 15 is 0 Å². The summed E-state index contributed by atoms with van der Waals surface area (Å²) in [7, 11) is 0. The zero-order valence-corrected chi connectivity index (χ0v) is 17.8. The van der Waals surface area contributed by atoms with Gasteiger partial charge in [0.25, 0.3) is 0 Å². The van der Waals surface area contributed by atoms with E-state index in [4.69, 9.17) is 16.6 Å². The van der Waals surface area contributed by atoms with E-state index in [9.17, 15) is 0 Å². The molecule has 1 N–H and O–H groups in total. The van der Waals surface area contributed by atoms with E-state index in [1.807, 2.05) is 30.3 Å². The van der Waals surface area contributed by atoms with E-state index in [0.29, 0.717) is 6.54 Å². The Bertz CT molecular complexity index is 1120. The van der Waals surface area contributed by atoms with Crippen molar-refractivity contribution in [1.82, 2.24) is 4.98 Å². The fourth-order valence-electron chi connectivity index (χ4n) is 3.41. The van der Waals surface area contributed by atoms with Gasteiger partial charge in [-0.25, -0.2) is 4.98 Å². The standard InChI is InChI=1S/C26H25ClN2/c1-26(2,3)21-12-10-19(11-13-21)23-16-20-6-4-5-7-24(20)29-25(23)28-17-18-8-14-22(27)15-9-18/h4-16H,17H2,1-3H3,(H,28,29). The summed E-state index contributed by atoms with van der Waals surface area (Å²) < 4.78 is 0. The smallest absolute Gasteiger partial charge is 0.134 e. The fourth-order valence-corrected chi connectivity index (χ4v) is 3.53. The second-order valence-electron chi connectivity index (χ2n) is 8.38. The molecule has 0 spiro atoms. The zero-order chi connectivity index (χ0) is 20.4. The summed E-state index contributed by atoms with van der Waals surface area (Å²) in [5.41, 5.74) is 5.88. The number of hydrogen-bond acceptors (Lipinski definition) is 2. The van der Waals surface area contributed by atoms with Gasteiger partial charge in [0.2, 0.25) is 0 Å². The van der Waals surface area contributed by atoms with Gasteiger partial charge in [-0.3, -0.25) is 0 Å². The Labute approximate surface area is 177 Å². The van der Waals surface area contributed by atoms with E-state index < -0.39 is 0 Å². The minimum atomic E-state index is 0.135. The normalized spacial score (nSPS) is 11.6. The SMILES string of the molecule is CC(C)(C)c1ccc(-c2cc3ccccc3nc2NCc2ccc(Cl)cc2)cc1. The quantitative estimate of drug-likeness (QED) is 0.384. The lowest BCUT2D eigenvalue weighted by Gasteiger charge is -2.20. The highest BCUT2D eigenvalue weighted by atomic mass is 35.5. The van der Waals surface area contributed by atoms with E-state index in [-0.39, 0.29) is 5.41 Å². The van der Waals surface area contributed by atoms with Crippen molar-refractivity contribution in [3.63, 3.8) is 0 Å². The molecule has 4 aromatic rings. The van der Waals surface area contributed by atoms with Crippen LogP contribution >= 0.6 is 11.6 Å². The number of halogens is 1. The lowest BCUT2D eigenvalue weighted by Crippen LogP contribution is -2.10. The number of nitrogens with one attached hydrogen (secondary N) is 1. The minimum Gasteiger partial charge on any atom is -0.365 e. The minimum absolute atomic E-state index is 0.135. The number of benzene rings is 3. The zero-order valence-electron chi connectivity index (χ0n) is 17.0. The average molecular weight is 401 g/mol. The molecule has 146 valence electrons. The van der Waals surface area contributed by atoms with Crippen molar-refractivity contribution in [1.29, 1.82) is 0 Å². The lowest BCUT2D eigenvalue weighted by atomic mass is 9.86. The molecule has 0 saturated carbocycles. The van der Waals surface area contributed by atoms with E-state index in [1.54, 1.807) is 0 Å². The van der Waals surface area contributed by atoms with Crippen LogP contribution in [0.4, 0.5) is 5.82 Å². The van der Waals surface area contributed by atoms with Crippen LogP contribution in [-0.2, 0) is 12.0 Å². The molecule has 1 aromatic heterocycles. The van der Waals surface area contributed by atoms with Crippen molar-refractivity contribution in [3.05, 3.63) is 95.0 Å². The van der Waals surface area contributed by atoms with Gasteiger partial charge in [-0.05, 0) is 46.4 Å². The first-order valence-corrected chi connectivity index (χ1v) is 10.3. The largest absolute Gasteiger partial charge is 0.365 e. The Kier molecular flexibility index (Phi) is 5.29. The molecular weight excluding hydrogens is 376 g/mol. The van der Waals surface area contributed by atoms with Gasteiger partial charge >= 0.3 is 0 Å². The highest BCUT2D eigenvalue weighted by Gasteiger charge is 2.15. The van der Waals surface area contributed by atoms with Crippen LogP contribution in [0.5, 0.6) is 0 Å². The molecule has 0 bridgehead atoms. The first-order chi connectivity index (χ1) is 13.9. The molecule has 3 aromatic carbocycles. The number of para-hydroxylation sites is 1. The van der Waals surface area contributed by atoms with Crippen LogP contribution in [0, 0.1) is 0 Å². The summed E-state index contributed by atoms with van der Waals surface area (Å²) >= 11 is 6.01. The second-order valence-corrected chi connectivity index (χ2v) is 8.82. The molecule has 0 aliphatic carbocycles. The second kappa shape index (κ2) is 7.88. The molecule has 0 unspecified atom stereocenters. The van der Waals surface area contributed by atoms with Gasteiger partial charge in [-0.1, -0.05) is 87.0 Å². The Hall–Kier alpha value is -2.84. The van der Waals surface area contributed by atoms with Crippen LogP contribution < -0.4 is 5.32 Å². The van der Waals surface area contributed by atoms with Crippen molar-refractivity contribution >= 4 is 28.3 Å². The summed E-state index contributed by atoms with van der Waals surface area (Å²) in [6, 6.07) is 27.2. The molecular formula is C26H25ClN2. The molecule has 0 fully saturated rings. The first kappa shape index (κ1) is 19.5. The summed E-state index contributed by atoms with van der Waals surface area (Å²) in [5, 5.41) is 5.42. The van der Waals surface area contributed by atoms with Crippen molar-refractivity contribution < 1.29 is 0 Å². The molecule has 1 heterocycles. The van der Waals surface area contributed by atoms with E-state index in [1.165, 1.54) is 11.1 Å². The molecule has 0 saturated heterocycles. The first-order valence-electron chi connectivity index (χ1n) is 9.89. The summed E-state index contributed by atoms with van der Waals surface area (Å²) in [6.45, 7) is 7.39. The Morgan fingerprint density at radius 3 is 2.24 bits per heavy atom. The van der Waals surface area contributed by atoms with Crippen molar-refractivity contribution in [3.8, 4) is 11.1 Å². The lowest BCUT2D eigenvalue weighted by molar-refractivity contribution is 0.590. The molecule has 4 rings (SSSR count). The van der Waals surface area contributed by atoms with Gasteiger partial charge in [0.15, 0.2) is 0 Å². The number of rotatable bonds is 4. The number of anilines is 1. The van der Waals surface area contributed by atoms with Gasteiger partial charge in [-0.2, -0.15) is 0 Å². The maximum atomic E-state index is 6.01. The molecule has 0 aliphatic rings. The topological polar surface area (TPSA) is 24.9 Å². The van der Waals surface area contributed by atoms with Crippen LogP contribution in [0.2, 0.25) is 5.02 Å². The average Bonchev–Trinajstić information content (AvgIpc) is 2.72. The molecule has 0 atom stereocenters. The third-order valence-electron chi connectivity index (χ3n) is 5.16. The molecule has 3 heteroatoms. The number of aromatic nitrogens is 1. The maximum absolute atomic E-state index is 6.01. The fraction of sp³-hybridized carbons (Fsp3) is 0.192. The van der Waals surface area contributed by atoms with Crippen LogP contribution in [0.25, 0.3) is 22.0 Å². The van der Waals surface area contributed by atoms with Gasteiger partial charge in [-0.15, -0.1) is 0 Å². The van der Waals surface area contributed by atoms with Crippen LogP contribution in [0.1, 0.15) is 31.9 Å². The summed E-state index contributed by atoms with van der Waals surface area (Å²) in [5.74, 6) is 0.891. The van der Waals surface area contributed by atoms with Crippen molar-refractivity contribution in [2.75, 3.05) is 5.32 Å². The number of nitrogens with zero attached hydrogens (tertiary/aromatic N) is 1. The number of fused-ring (bicyclic) bond motifs is 1. The van der Waals surface area contributed by atoms with Crippen molar-refractivity contribution in [2.24, 2.45) is 0 Å². The third-order valence-corrected chi connectivity index (χ3v) is 5.41. The monoisotopic (exact) mass is 400 g/mol. The third kappa shape index (κ3) is 4.44. The highest BCUT2D eigenvalue weighted by molar-refractivity contribution is 6.30. The molecule has 0 amide bonds. The Morgan fingerprint density at radius 2 is 1.55 bits per heavy atom. The van der Waals surface area contributed by atoms with Crippen LogP contribution in [0.3, 0.4) is 0 Å². The highest BCUT2D eigenvalue weighted by Crippen LogP contribution is 2.32. The van der Waals surface area contributed by atoms with Gasteiger partial charge in [0, 0.05) is 22.5 Å². The predicted octanol–water partition coefficient (Wildman–Crippen LogP) is 7.46. The van der Waals surface area contributed by atoms with Gasteiger partial charge in [0.1, 0.15) is 5.82 Å². The Morgan fingerprint density at radius 1 is 0.862 bits per heavy atom. The van der Waals surface area contributed by atoms with Gasteiger partial charge in [0.05, 0.1) is 5.52 Å². The van der Waals surface area contributed by atoms with Crippen LogP contribution in [-0.4, -0.2) is 4.98 Å².